The number of hydrogen-bond acceptors (Lipinski definition) is 6. The van der Waals surface area contributed by atoms with E-state index in [1.165, 1.54) is 4.90 Å². The molecule has 0 radical (unpaired) electrons. The zero-order valence-electron chi connectivity index (χ0n) is 18.0. The molecular formula is C24H24N4O5. The number of likely N-dealkylation sites (tertiary alicyclic amines) is 1. The quantitative estimate of drug-likeness (QED) is 0.648. The number of nitrogens with one attached hydrogen (secondary N) is 1. The first-order valence-electron chi connectivity index (χ1n) is 11.0. The lowest BCUT2D eigenvalue weighted by Crippen LogP contribution is -2.51. The molecule has 0 aliphatic carbocycles. The van der Waals surface area contributed by atoms with E-state index in [2.05, 4.69) is 10.2 Å². The summed E-state index contributed by atoms with van der Waals surface area (Å²) < 4.78 is 11.5. The van der Waals surface area contributed by atoms with Crippen molar-refractivity contribution in [2.24, 2.45) is 0 Å². The van der Waals surface area contributed by atoms with Crippen LogP contribution in [0.1, 0.15) is 16.9 Å². The largest absolute Gasteiger partial charge is 0.488 e. The van der Waals surface area contributed by atoms with Gasteiger partial charge in [-0.1, -0.05) is 36.4 Å². The third-order valence-corrected chi connectivity index (χ3v) is 6.08. The lowest BCUT2D eigenvalue weighted by molar-refractivity contribution is -0.139. The minimum absolute atomic E-state index is 0.116. The van der Waals surface area contributed by atoms with Gasteiger partial charge in [0.1, 0.15) is 17.9 Å². The molecule has 0 saturated carbocycles. The van der Waals surface area contributed by atoms with E-state index in [4.69, 9.17) is 9.47 Å². The molecule has 3 aromatic rings. The minimum Gasteiger partial charge on any atom is -0.488 e. The summed E-state index contributed by atoms with van der Waals surface area (Å²) in [7, 11) is 0. The van der Waals surface area contributed by atoms with Gasteiger partial charge in [-0.05, 0) is 18.2 Å². The number of carbonyl (C=O) groups excluding carboxylic acids is 2. The van der Waals surface area contributed by atoms with E-state index < -0.39 is 11.9 Å². The van der Waals surface area contributed by atoms with Crippen LogP contribution in [0.5, 0.6) is 5.75 Å². The van der Waals surface area contributed by atoms with Gasteiger partial charge in [0, 0.05) is 24.9 Å². The number of para-hydroxylation sites is 1. The summed E-state index contributed by atoms with van der Waals surface area (Å²) in [6.45, 7) is 2.16. The molecule has 1 aromatic heterocycles. The SMILES string of the molecule is O=C([C@@H]1C[C@H](Oc2ccccc2)CN1C(=O)c1n[nH]c(=O)c2ccccc12)N1CCOCC1. The van der Waals surface area contributed by atoms with Crippen LogP contribution in [-0.2, 0) is 9.53 Å². The Morgan fingerprint density at radius 1 is 1.00 bits per heavy atom. The van der Waals surface area contributed by atoms with Crippen LogP contribution in [-0.4, -0.2) is 76.8 Å². The predicted molar refractivity (Wildman–Crippen MR) is 120 cm³/mol. The van der Waals surface area contributed by atoms with E-state index in [-0.39, 0.29) is 29.8 Å². The highest BCUT2D eigenvalue weighted by Crippen LogP contribution is 2.27. The van der Waals surface area contributed by atoms with Crippen molar-refractivity contribution in [1.29, 1.82) is 0 Å². The number of hydrogen-bond donors (Lipinski definition) is 1. The van der Waals surface area contributed by atoms with Crippen molar-refractivity contribution in [3.63, 3.8) is 0 Å². The van der Waals surface area contributed by atoms with Gasteiger partial charge in [-0.2, -0.15) is 5.10 Å². The Morgan fingerprint density at radius 2 is 1.70 bits per heavy atom. The summed E-state index contributed by atoms with van der Waals surface area (Å²) in [5.41, 5.74) is -0.250. The maximum absolute atomic E-state index is 13.7. The monoisotopic (exact) mass is 448 g/mol. The van der Waals surface area contributed by atoms with Crippen LogP contribution in [0.2, 0.25) is 0 Å². The van der Waals surface area contributed by atoms with Crippen LogP contribution in [0.4, 0.5) is 0 Å². The molecule has 0 bridgehead atoms. The average molecular weight is 448 g/mol. The molecule has 170 valence electrons. The van der Waals surface area contributed by atoms with E-state index >= 15 is 0 Å². The topological polar surface area (TPSA) is 105 Å². The Balaban J connectivity index is 1.47. The second-order valence-corrected chi connectivity index (χ2v) is 8.15. The van der Waals surface area contributed by atoms with E-state index in [1.807, 2.05) is 30.3 Å². The molecule has 0 unspecified atom stereocenters. The maximum Gasteiger partial charge on any atom is 0.275 e. The predicted octanol–water partition coefficient (Wildman–Crippen LogP) is 1.44. The van der Waals surface area contributed by atoms with Gasteiger partial charge in [0.05, 0.1) is 25.1 Å². The van der Waals surface area contributed by atoms with Gasteiger partial charge >= 0.3 is 0 Å². The molecule has 2 atom stereocenters. The zero-order chi connectivity index (χ0) is 22.8. The van der Waals surface area contributed by atoms with Gasteiger partial charge in [-0.15, -0.1) is 0 Å². The summed E-state index contributed by atoms with van der Waals surface area (Å²) in [5, 5.41) is 7.29. The molecule has 2 aliphatic rings. The Labute approximate surface area is 189 Å². The molecule has 2 aliphatic heterocycles. The van der Waals surface area contributed by atoms with Gasteiger partial charge in [0.25, 0.3) is 11.5 Å². The molecule has 9 heteroatoms. The fourth-order valence-corrected chi connectivity index (χ4v) is 4.44. The highest BCUT2D eigenvalue weighted by Gasteiger charge is 2.43. The summed E-state index contributed by atoms with van der Waals surface area (Å²) in [6, 6.07) is 15.5. The van der Waals surface area contributed by atoms with Gasteiger partial charge in [0.15, 0.2) is 5.69 Å². The molecule has 5 rings (SSSR count). The first-order chi connectivity index (χ1) is 16.1. The van der Waals surface area contributed by atoms with Crippen molar-refractivity contribution >= 4 is 22.6 Å². The van der Waals surface area contributed by atoms with Gasteiger partial charge in [-0.3, -0.25) is 14.4 Å². The van der Waals surface area contributed by atoms with Crippen LogP contribution >= 0.6 is 0 Å². The Kier molecular flexibility index (Phi) is 5.78. The number of aromatic amines is 1. The summed E-state index contributed by atoms with van der Waals surface area (Å²) in [5.74, 6) is 0.148. The molecule has 0 spiro atoms. The molecule has 2 fully saturated rings. The van der Waals surface area contributed by atoms with E-state index in [1.54, 1.807) is 29.2 Å². The number of H-pyrrole nitrogens is 1. The molecule has 2 amide bonds. The Bertz CT molecular complexity index is 1220. The standard InChI is InChI=1S/C24H24N4O5/c29-22-19-9-5-4-8-18(19)21(25-26-22)24(31)28-15-17(33-16-6-2-1-3-7-16)14-20(28)23(30)27-10-12-32-13-11-27/h1-9,17,20H,10-15H2,(H,26,29)/t17-,20-/m0/s1. The lowest BCUT2D eigenvalue weighted by atomic mass is 10.1. The van der Waals surface area contributed by atoms with Crippen LogP contribution in [0.3, 0.4) is 0 Å². The average Bonchev–Trinajstić information content (AvgIpc) is 3.28. The first-order valence-corrected chi connectivity index (χ1v) is 11.0. The number of amides is 2. The fourth-order valence-electron chi connectivity index (χ4n) is 4.44. The number of morpholine rings is 1. The third kappa shape index (κ3) is 4.19. The fraction of sp³-hybridized carbons (Fsp3) is 0.333. The van der Waals surface area contributed by atoms with Crippen LogP contribution < -0.4 is 10.3 Å². The number of fused-ring (bicyclic) bond motifs is 1. The first kappa shape index (κ1) is 21.1. The maximum atomic E-state index is 13.7. The Morgan fingerprint density at radius 3 is 2.45 bits per heavy atom. The van der Waals surface area contributed by atoms with Crippen molar-refractivity contribution in [2.45, 2.75) is 18.6 Å². The number of rotatable bonds is 4. The summed E-state index contributed by atoms with van der Waals surface area (Å²) in [4.78, 5) is 42.5. The number of benzene rings is 2. The number of nitrogens with zero attached hydrogens (tertiary/aromatic N) is 3. The summed E-state index contributed by atoms with van der Waals surface area (Å²) in [6.07, 6.45) is 0.0262. The van der Waals surface area contributed by atoms with Crippen molar-refractivity contribution in [2.75, 3.05) is 32.8 Å². The van der Waals surface area contributed by atoms with E-state index in [0.29, 0.717) is 49.2 Å². The Hall–Kier alpha value is -3.72. The normalized spacial score (nSPS) is 20.7. The second-order valence-electron chi connectivity index (χ2n) is 8.15. The number of aromatic nitrogens is 2. The minimum atomic E-state index is -0.684. The van der Waals surface area contributed by atoms with Crippen molar-refractivity contribution < 1.29 is 19.1 Å². The van der Waals surface area contributed by atoms with Crippen LogP contribution in [0.15, 0.2) is 59.4 Å². The van der Waals surface area contributed by atoms with E-state index in [0.717, 1.165) is 0 Å². The molecule has 2 aromatic carbocycles. The van der Waals surface area contributed by atoms with Gasteiger partial charge in [0.2, 0.25) is 5.91 Å². The molecule has 2 saturated heterocycles. The van der Waals surface area contributed by atoms with Crippen molar-refractivity contribution in [3.05, 3.63) is 70.6 Å². The summed E-state index contributed by atoms with van der Waals surface area (Å²) >= 11 is 0. The van der Waals surface area contributed by atoms with Crippen LogP contribution in [0.25, 0.3) is 10.8 Å². The van der Waals surface area contributed by atoms with Crippen molar-refractivity contribution in [3.8, 4) is 5.75 Å². The molecular weight excluding hydrogens is 424 g/mol. The highest BCUT2D eigenvalue weighted by molar-refractivity contribution is 6.06. The highest BCUT2D eigenvalue weighted by atomic mass is 16.5. The molecule has 1 N–H and O–H groups in total. The molecule has 3 heterocycles. The van der Waals surface area contributed by atoms with Gasteiger partial charge < -0.3 is 19.3 Å². The lowest BCUT2D eigenvalue weighted by Gasteiger charge is -2.32. The zero-order valence-corrected chi connectivity index (χ0v) is 18.0. The third-order valence-electron chi connectivity index (χ3n) is 6.08. The number of ether oxygens (including phenoxy) is 2. The van der Waals surface area contributed by atoms with Crippen LogP contribution in [0, 0.1) is 0 Å². The second kappa shape index (κ2) is 9.03. The smallest absolute Gasteiger partial charge is 0.275 e. The molecule has 9 nitrogen and oxygen atoms in total. The van der Waals surface area contributed by atoms with Gasteiger partial charge in [-0.25, -0.2) is 5.10 Å². The number of carbonyl (C=O) groups is 2. The molecule has 33 heavy (non-hydrogen) atoms. The van der Waals surface area contributed by atoms with E-state index in [9.17, 15) is 14.4 Å². The van der Waals surface area contributed by atoms with Crippen molar-refractivity contribution in [1.82, 2.24) is 20.0 Å².